The van der Waals surface area contributed by atoms with Crippen LogP contribution in [0.4, 0.5) is 0 Å². The predicted molar refractivity (Wildman–Crippen MR) is 75.4 cm³/mol. The summed E-state index contributed by atoms with van der Waals surface area (Å²) in [5, 5.41) is 3.30. The van der Waals surface area contributed by atoms with E-state index in [1.807, 2.05) is 36.1 Å². The summed E-state index contributed by atoms with van der Waals surface area (Å²) < 4.78 is 5.67. The number of benzene rings is 1. The minimum atomic E-state index is 0.192. The summed E-state index contributed by atoms with van der Waals surface area (Å²) in [6, 6.07) is 7.88. The van der Waals surface area contributed by atoms with Crippen molar-refractivity contribution >= 4 is 5.91 Å². The lowest BCUT2D eigenvalue weighted by Crippen LogP contribution is -2.34. The fraction of sp³-hybridized carbons (Fsp3) is 0.533. The molecule has 0 bridgehead atoms. The van der Waals surface area contributed by atoms with Gasteiger partial charge in [-0.15, -0.1) is 0 Å². The molecule has 0 unspecified atom stereocenters. The van der Waals surface area contributed by atoms with Crippen LogP contribution in [0.1, 0.15) is 18.4 Å². The van der Waals surface area contributed by atoms with E-state index in [-0.39, 0.29) is 5.91 Å². The number of carbonyl (C=O) groups excluding carboxylic acids is 1. The highest BCUT2D eigenvalue weighted by Gasteiger charge is 2.14. The molecule has 0 atom stereocenters. The van der Waals surface area contributed by atoms with Gasteiger partial charge < -0.3 is 15.0 Å². The van der Waals surface area contributed by atoms with E-state index < -0.39 is 0 Å². The highest BCUT2D eigenvalue weighted by molar-refractivity contribution is 5.76. The molecule has 1 fully saturated rings. The Bertz CT molecular complexity index is 412. The fourth-order valence-corrected chi connectivity index (χ4v) is 2.22. The predicted octanol–water partition coefficient (Wildman–Crippen LogP) is 1.59. The van der Waals surface area contributed by atoms with Gasteiger partial charge in [0.25, 0.3) is 0 Å². The molecule has 0 aliphatic carbocycles. The van der Waals surface area contributed by atoms with Gasteiger partial charge in [0.05, 0.1) is 13.0 Å². The van der Waals surface area contributed by atoms with E-state index in [4.69, 9.17) is 4.74 Å². The van der Waals surface area contributed by atoms with E-state index in [0.29, 0.717) is 13.0 Å². The van der Waals surface area contributed by atoms with Crippen molar-refractivity contribution in [3.63, 3.8) is 0 Å². The highest BCUT2D eigenvalue weighted by Crippen LogP contribution is 2.16. The van der Waals surface area contributed by atoms with Gasteiger partial charge in [0.15, 0.2) is 0 Å². The third-order valence-electron chi connectivity index (χ3n) is 3.36. The van der Waals surface area contributed by atoms with Gasteiger partial charge in [-0.3, -0.25) is 4.79 Å². The van der Waals surface area contributed by atoms with Crippen molar-refractivity contribution in [1.82, 2.24) is 10.2 Å². The van der Waals surface area contributed by atoms with Gasteiger partial charge in [-0.05, 0) is 31.5 Å². The van der Waals surface area contributed by atoms with Crippen molar-refractivity contribution in [2.75, 3.05) is 32.8 Å². The second-order valence-electron chi connectivity index (χ2n) is 4.85. The number of ether oxygens (including phenoxy) is 1. The van der Waals surface area contributed by atoms with Crippen LogP contribution in [0, 0.1) is 6.92 Å². The summed E-state index contributed by atoms with van der Waals surface area (Å²) in [6.45, 7) is 6.03. The minimum absolute atomic E-state index is 0.192. The van der Waals surface area contributed by atoms with E-state index in [1.165, 1.54) is 0 Å². The second-order valence-corrected chi connectivity index (χ2v) is 4.85. The summed E-state index contributed by atoms with van der Waals surface area (Å²) in [6.07, 6.45) is 1.48. The van der Waals surface area contributed by atoms with Crippen molar-refractivity contribution in [2.45, 2.75) is 19.8 Å². The van der Waals surface area contributed by atoms with Crippen molar-refractivity contribution in [3.05, 3.63) is 29.8 Å². The standard InChI is InChI=1S/C15H22N2O2/c1-13-5-2-3-6-14(13)19-12-7-15(18)17-10-4-8-16-9-11-17/h2-3,5-6,16H,4,7-12H2,1H3. The van der Waals surface area contributed by atoms with Crippen LogP contribution < -0.4 is 10.1 Å². The Morgan fingerprint density at radius 1 is 1.32 bits per heavy atom. The number of nitrogens with zero attached hydrogens (tertiary/aromatic N) is 1. The molecule has 1 amide bonds. The summed E-state index contributed by atoms with van der Waals surface area (Å²) >= 11 is 0. The molecule has 0 radical (unpaired) electrons. The first kappa shape index (κ1) is 13.9. The Hall–Kier alpha value is -1.55. The van der Waals surface area contributed by atoms with Crippen LogP contribution in [-0.4, -0.2) is 43.6 Å². The SMILES string of the molecule is Cc1ccccc1OCCC(=O)N1CCCNCC1. The largest absolute Gasteiger partial charge is 0.493 e. The molecule has 0 aromatic heterocycles. The van der Waals surface area contributed by atoms with Gasteiger partial charge in [0.1, 0.15) is 5.75 Å². The Labute approximate surface area is 114 Å². The van der Waals surface area contributed by atoms with E-state index in [0.717, 1.165) is 43.9 Å². The highest BCUT2D eigenvalue weighted by atomic mass is 16.5. The van der Waals surface area contributed by atoms with Crippen LogP contribution >= 0.6 is 0 Å². The summed E-state index contributed by atoms with van der Waals surface area (Å²) in [5.74, 6) is 1.06. The molecule has 1 aromatic carbocycles. The number of amides is 1. The molecule has 0 spiro atoms. The minimum Gasteiger partial charge on any atom is -0.493 e. The lowest BCUT2D eigenvalue weighted by atomic mass is 10.2. The number of hydrogen-bond donors (Lipinski definition) is 1. The van der Waals surface area contributed by atoms with Crippen LogP contribution in [-0.2, 0) is 4.79 Å². The zero-order chi connectivity index (χ0) is 13.5. The molecule has 1 aromatic rings. The van der Waals surface area contributed by atoms with Gasteiger partial charge in [-0.2, -0.15) is 0 Å². The molecule has 2 rings (SSSR count). The maximum absolute atomic E-state index is 12.0. The van der Waals surface area contributed by atoms with Crippen molar-refractivity contribution in [1.29, 1.82) is 0 Å². The summed E-state index contributed by atoms with van der Waals surface area (Å²) in [5.41, 5.74) is 1.11. The first-order valence-electron chi connectivity index (χ1n) is 6.94. The molecule has 19 heavy (non-hydrogen) atoms. The maximum atomic E-state index is 12.0. The van der Waals surface area contributed by atoms with E-state index in [9.17, 15) is 4.79 Å². The molecular formula is C15H22N2O2. The van der Waals surface area contributed by atoms with E-state index >= 15 is 0 Å². The first-order chi connectivity index (χ1) is 9.27. The fourth-order valence-electron chi connectivity index (χ4n) is 2.22. The van der Waals surface area contributed by atoms with Crippen LogP contribution in [0.5, 0.6) is 5.75 Å². The van der Waals surface area contributed by atoms with Crippen LogP contribution in [0.2, 0.25) is 0 Å². The summed E-state index contributed by atoms with van der Waals surface area (Å²) in [7, 11) is 0. The maximum Gasteiger partial charge on any atom is 0.226 e. The van der Waals surface area contributed by atoms with Crippen LogP contribution in [0.25, 0.3) is 0 Å². The molecule has 1 heterocycles. The quantitative estimate of drug-likeness (QED) is 0.896. The molecule has 0 saturated carbocycles. The van der Waals surface area contributed by atoms with Crippen molar-refractivity contribution < 1.29 is 9.53 Å². The van der Waals surface area contributed by atoms with Crippen LogP contribution in [0.15, 0.2) is 24.3 Å². The topological polar surface area (TPSA) is 41.6 Å². The van der Waals surface area contributed by atoms with Crippen molar-refractivity contribution in [3.8, 4) is 5.75 Å². The lowest BCUT2D eigenvalue weighted by Gasteiger charge is -2.20. The Morgan fingerprint density at radius 3 is 3.00 bits per heavy atom. The number of carbonyl (C=O) groups is 1. The monoisotopic (exact) mass is 262 g/mol. The first-order valence-corrected chi connectivity index (χ1v) is 6.94. The number of hydrogen-bond acceptors (Lipinski definition) is 3. The number of rotatable bonds is 4. The third-order valence-corrected chi connectivity index (χ3v) is 3.36. The Balaban J connectivity index is 1.76. The van der Waals surface area contributed by atoms with Crippen molar-refractivity contribution in [2.24, 2.45) is 0 Å². The van der Waals surface area contributed by atoms with Gasteiger partial charge in [0, 0.05) is 19.6 Å². The van der Waals surface area contributed by atoms with Gasteiger partial charge in [-0.25, -0.2) is 0 Å². The van der Waals surface area contributed by atoms with Gasteiger partial charge in [0.2, 0.25) is 5.91 Å². The van der Waals surface area contributed by atoms with Gasteiger partial charge >= 0.3 is 0 Å². The second kappa shape index (κ2) is 7.14. The van der Waals surface area contributed by atoms with E-state index in [1.54, 1.807) is 0 Å². The molecule has 1 aliphatic rings. The average molecular weight is 262 g/mol. The zero-order valence-corrected chi connectivity index (χ0v) is 11.5. The smallest absolute Gasteiger partial charge is 0.226 e. The molecule has 1 aliphatic heterocycles. The number of para-hydroxylation sites is 1. The molecule has 104 valence electrons. The lowest BCUT2D eigenvalue weighted by molar-refractivity contribution is -0.131. The zero-order valence-electron chi connectivity index (χ0n) is 11.5. The van der Waals surface area contributed by atoms with Crippen LogP contribution in [0.3, 0.4) is 0 Å². The van der Waals surface area contributed by atoms with Gasteiger partial charge in [-0.1, -0.05) is 18.2 Å². The number of aryl methyl sites for hydroxylation is 1. The molecule has 1 N–H and O–H groups in total. The molecule has 4 heteroatoms. The third kappa shape index (κ3) is 4.24. The molecular weight excluding hydrogens is 240 g/mol. The Morgan fingerprint density at radius 2 is 2.16 bits per heavy atom. The molecule has 1 saturated heterocycles. The molecule has 4 nitrogen and oxygen atoms in total. The number of nitrogens with one attached hydrogen (secondary N) is 1. The average Bonchev–Trinajstić information content (AvgIpc) is 2.70. The normalized spacial score (nSPS) is 15.9. The Kier molecular flexibility index (Phi) is 5.21. The summed E-state index contributed by atoms with van der Waals surface area (Å²) in [4.78, 5) is 14.0. The van der Waals surface area contributed by atoms with E-state index in [2.05, 4.69) is 5.32 Å².